The number of hydrogen-bond donors (Lipinski definition) is 1. The molecular weight excluding hydrogens is 539 g/mol. The van der Waals surface area contributed by atoms with Crippen LogP contribution in [0, 0.1) is 19.8 Å². The number of aryl methyl sites for hydroxylation is 1. The van der Waals surface area contributed by atoms with Gasteiger partial charge in [-0.3, -0.25) is 9.69 Å². The van der Waals surface area contributed by atoms with Gasteiger partial charge in [0.15, 0.2) is 0 Å². The van der Waals surface area contributed by atoms with E-state index in [0.29, 0.717) is 15.6 Å². The monoisotopic (exact) mass is 572 g/mol. The van der Waals surface area contributed by atoms with Crippen molar-refractivity contribution in [2.24, 2.45) is 11.0 Å². The number of carbonyl (C=O) groups is 1. The van der Waals surface area contributed by atoms with Crippen LogP contribution in [0.4, 0.5) is 0 Å². The van der Waals surface area contributed by atoms with Crippen molar-refractivity contribution in [1.29, 1.82) is 0 Å². The van der Waals surface area contributed by atoms with E-state index in [2.05, 4.69) is 50.3 Å². The summed E-state index contributed by atoms with van der Waals surface area (Å²) in [4.78, 5) is 15.2. The maximum atomic E-state index is 12.7. The van der Waals surface area contributed by atoms with Crippen molar-refractivity contribution < 1.29 is 4.79 Å². The average molecular weight is 574 g/mol. The van der Waals surface area contributed by atoms with Crippen molar-refractivity contribution in [3.63, 3.8) is 0 Å². The summed E-state index contributed by atoms with van der Waals surface area (Å²) in [7, 11) is 0. The van der Waals surface area contributed by atoms with E-state index < -0.39 is 0 Å². The maximum absolute atomic E-state index is 12.7. The Morgan fingerprint density at radius 1 is 0.925 bits per heavy atom. The maximum Gasteiger partial charge on any atom is 0.271 e. The van der Waals surface area contributed by atoms with Crippen molar-refractivity contribution in [3.8, 4) is 5.69 Å². The zero-order valence-corrected chi connectivity index (χ0v) is 24.4. The highest BCUT2D eigenvalue weighted by molar-refractivity contribution is 6.42. The summed E-state index contributed by atoms with van der Waals surface area (Å²) < 4.78 is 2.08. The third-order valence-electron chi connectivity index (χ3n) is 7.70. The second kappa shape index (κ2) is 12.9. The Labute approximate surface area is 246 Å². The van der Waals surface area contributed by atoms with Gasteiger partial charge in [-0.05, 0) is 99.6 Å². The number of hydrogen-bond acceptors (Lipinski definition) is 3. The topological polar surface area (TPSA) is 49.6 Å². The quantitative estimate of drug-likeness (QED) is 0.174. The summed E-state index contributed by atoms with van der Waals surface area (Å²) in [5.74, 6) is 0.523. The highest BCUT2D eigenvalue weighted by Gasteiger charge is 2.19. The molecule has 206 valence electrons. The molecule has 0 radical (unpaired) electrons. The number of carbonyl (C=O) groups excluding carboxylic acids is 1. The molecule has 0 spiro atoms. The number of rotatable bonds is 8. The molecule has 0 unspecified atom stereocenters. The van der Waals surface area contributed by atoms with E-state index in [1.807, 2.05) is 56.3 Å². The van der Waals surface area contributed by atoms with Gasteiger partial charge < -0.3 is 4.57 Å². The summed E-state index contributed by atoms with van der Waals surface area (Å²) in [6.45, 7) is 7.15. The smallest absolute Gasteiger partial charge is 0.271 e. The van der Waals surface area contributed by atoms with Gasteiger partial charge in [0.25, 0.3) is 5.91 Å². The van der Waals surface area contributed by atoms with Crippen LogP contribution in [-0.4, -0.2) is 34.7 Å². The molecule has 0 atom stereocenters. The first-order chi connectivity index (χ1) is 19.4. The minimum Gasteiger partial charge on any atom is -0.318 e. The van der Waals surface area contributed by atoms with Crippen LogP contribution in [0.1, 0.15) is 51.3 Å². The van der Waals surface area contributed by atoms with Crippen LogP contribution in [0.2, 0.25) is 10.0 Å². The zero-order valence-electron chi connectivity index (χ0n) is 22.9. The third-order valence-corrected chi connectivity index (χ3v) is 8.44. The van der Waals surface area contributed by atoms with Crippen molar-refractivity contribution in [3.05, 3.63) is 123 Å². The standard InChI is InChI=1S/C33H34Cl2N4O/c1-23-18-29(24(2)39(23)30-12-13-31(34)32(35)20-30)21-36-37-33(40)28-10-8-27(9-11-28)22-38-16-14-26(15-17-38)19-25-6-4-3-5-7-25/h3-13,18,20-21,26H,14-17,19,22H2,1-2H3,(H,37,40)/b36-21+. The van der Waals surface area contributed by atoms with Crippen molar-refractivity contribution in [2.45, 2.75) is 39.7 Å². The van der Waals surface area contributed by atoms with Crippen LogP contribution in [0.25, 0.3) is 5.69 Å². The van der Waals surface area contributed by atoms with Gasteiger partial charge in [0.05, 0.1) is 16.3 Å². The van der Waals surface area contributed by atoms with Crippen molar-refractivity contribution in [2.75, 3.05) is 13.1 Å². The number of amides is 1. The van der Waals surface area contributed by atoms with Crippen LogP contribution >= 0.6 is 23.2 Å². The second-order valence-electron chi connectivity index (χ2n) is 10.6. The highest BCUT2D eigenvalue weighted by atomic mass is 35.5. The largest absolute Gasteiger partial charge is 0.318 e. The number of benzene rings is 3. The lowest BCUT2D eigenvalue weighted by Crippen LogP contribution is -2.33. The first-order valence-corrected chi connectivity index (χ1v) is 14.5. The zero-order chi connectivity index (χ0) is 28.1. The summed E-state index contributed by atoms with van der Waals surface area (Å²) in [5, 5.41) is 5.24. The molecule has 40 heavy (non-hydrogen) atoms. The van der Waals surface area contributed by atoms with Crippen LogP contribution < -0.4 is 5.43 Å². The van der Waals surface area contributed by atoms with Gasteiger partial charge in [-0.15, -0.1) is 0 Å². The molecule has 7 heteroatoms. The molecule has 1 fully saturated rings. The predicted molar refractivity (Wildman–Crippen MR) is 165 cm³/mol. The lowest BCUT2D eigenvalue weighted by atomic mass is 9.90. The summed E-state index contributed by atoms with van der Waals surface area (Å²) in [6, 6.07) is 26.2. The Balaban J connectivity index is 1.12. The number of halogens is 2. The normalized spacial score (nSPS) is 14.6. The van der Waals surface area contributed by atoms with E-state index in [-0.39, 0.29) is 5.91 Å². The SMILES string of the molecule is Cc1cc(/C=N/NC(=O)c2ccc(CN3CCC(Cc4ccccc4)CC3)cc2)c(C)n1-c1ccc(Cl)c(Cl)c1. The summed E-state index contributed by atoms with van der Waals surface area (Å²) >= 11 is 12.3. The molecule has 3 aromatic carbocycles. The molecule has 5 rings (SSSR count). The Morgan fingerprint density at radius 3 is 2.35 bits per heavy atom. The van der Waals surface area contributed by atoms with Crippen LogP contribution in [0.15, 0.2) is 84.0 Å². The molecule has 5 nitrogen and oxygen atoms in total. The van der Waals surface area contributed by atoms with Gasteiger partial charge >= 0.3 is 0 Å². The fourth-order valence-corrected chi connectivity index (χ4v) is 5.77. The first kappa shape index (κ1) is 28.2. The predicted octanol–water partition coefficient (Wildman–Crippen LogP) is 7.62. The molecule has 1 aliphatic heterocycles. The van der Waals surface area contributed by atoms with Crippen LogP contribution in [-0.2, 0) is 13.0 Å². The number of nitrogens with zero attached hydrogens (tertiary/aromatic N) is 3. The molecule has 4 aromatic rings. The van der Waals surface area contributed by atoms with Crippen LogP contribution in [0.3, 0.4) is 0 Å². The van der Waals surface area contributed by atoms with Gasteiger partial charge in [-0.25, -0.2) is 5.43 Å². The fraction of sp³-hybridized carbons (Fsp3) is 0.273. The Bertz CT molecular complexity index is 1490. The Kier molecular flexibility index (Phi) is 9.05. The second-order valence-corrected chi connectivity index (χ2v) is 11.4. The average Bonchev–Trinajstić information content (AvgIpc) is 3.24. The van der Waals surface area contributed by atoms with E-state index in [1.54, 1.807) is 12.3 Å². The van der Waals surface area contributed by atoms with E-state index in [9.17, 15) is 4.79 Å². The fourth-order valence-electron chi connectivity index (χ4n) is 5.48. The lowest BCUT2D eigenvalue weighted by Gasteiger charge is -2.32. The number of nitrogens with one attached hydrogen (secondary N) is 1. The number of hydrazone groups is 1. The van der Waals surface area contributed by atoms with Gasteiger partial charge in [-0.1, -0.05) is 65.7 Å². The summed E-state index contributed by atoms with van der Waals surface area (Å²) in [5.41, 5.74) is 9.75. The van der Waals surface area contributed by atoms with E-state index in [4.69, 9.17) is 23.2 Å². The van der Waals surface area contributed by atoms with Gasteiger partial charge in [0.1, 0.15) is 0 Å². The first-order valence-electron chi connectivity index (χ1n) is 13.7. The lowest BCUT2D eigenvalue weighted by molar-refractivity contribution is 0.0955. The van der Waals surface area contributed by atoms with Gasteiger partial charge in [0, 0.05) is 34.7 Å². The van der Waals surface area contributed by atoms with E-state index in [1.165, 1.54) is 30.4 Å². The molecule has 1 aromatic heterocycles. The van der Waals surface area contributed by atoms with Crippen molar-refractivity contribution in [1.82, 2.24) is 14.9 Å². The Morgan fingerprint density at radius 2 is 1.65 bits per heavy atom. The summed E-state index contributed by atoms with van der Waals surface area (Å²) in [6.07, 6.45) is 5.29. The number of piperidine rings is 1. The van der Waals surface area contributed by atoms with E-state index in [0.717, 1.165) is 48.2 Å². The Hall–Kier alpha value is -3.38. The number of aromatic nitrogens is 1. The minimum absolute atomic E-state index is 0.234. The molecule has 0 aliphatic carbocycles. The van der Waals surface area contributed by atoms with Crippen molar-refractivity contribution >= 4 is 35.3 Å². The molecule has 0 bridgehead atoms. The molecule has 1 saturated heterocycles. The molecule has 1 amide bonds. The number of likely N-dealkylation sites (tertiary alicyclic amines) is 1. The molecule has 2 heterocycles. The minimum atomic E-state index is -0.234. The highest BCUT2D eigenvalue weighted by Crippen LogP contribution is 2.27. The van der Waals surface area contributed by atoms with Gasteiger partial charge in [0.2, 0.25) is 0 Å². The molecule has 1 aliphatic rings. The van der Waals surface area contributed by atoms with E-state index >= 15 is 0 Å². The van der Waals surface area contributed by atoms with Crippen LogP contribution in [0.5, 0.6) is 0 Å². The molecule has 0 saturated carbocycles. The molecular formula is C33H34Cl2N4O. The van der Waals surface area contributed by atoms with Gasteiger partial charge in [-0.2, -0.15) is 5.10 Å². The third kappa shape index (κ3) is 6.84. The molecule has 1 N–H and O–H groups in total.